The molecule has 0 saturated heterocycles. The van der Waals surface area contributed by atoms with E-state index in [9.17, 15) is 9.59 Å². The van der Waals surface area contributed by atoms with Crippen LogP contribution in [0.1, 0.15) is 30.3 Å². The van der Waals surface area contributed by atoms with Crippen LogP contribution in [0, 0.1) is 0 Å². The van der Waals surface area contributed by atoms with Gasteiger partial charge < -0.3 is 19.5 Å². The largest absolute Gasteiger partial charge is 0.493 e. The lowest BCUT2D eigenvalue weighted by molar-refractivity contribution is 0.102. The number of rotatable bonds is 10. The number of aryl methyl sites for hydroxylation is 1. The number of unbranched alkanes of at least 4 members (excludes halogenated alkanes) is 1. The summed E-state index contributed by atoms with van der Waals surface area (Å²) in [5, 5.41) is 8.21. The molecule has 8 heteroatoms. The van der Waals surface area contributed by atoms with Crippen molar-refractivity contribution in [2.45, 2.75) is 26.3 Å². The van der Waals surface area contributed by atoms with Crippen LogP contribution in [0.3, 0.4) is 0 Å². The average molecular weight is 425 g/mol. The van der Waals surface area contributed by atoms with Gasteiger partial charge in [-0.05, 0) is 24.6 Å². The summed E-state index contributed by atoms with van der Waals surface area (Å²) < 4.78 is 17.4. The molecule has 0 fully saturated rings. The molecule has 0 aliphatic rings. The van der Waals surface area contributed by atoms with Crippen molar-refractivity contribution in [2.24, 2.45) is 0 Å². The van der Waals surface area contributed by atoms with Crippen molar-refractivity contribution >= 4 is 22.4 Å². The highest BCUT2D eigenvalue weighted by atomic mass is 16.5. The molecule has 0 saturated carbocycles. The van der Waals surface area contributed by atoms with E-state index < -0.39 is 5.91 Å². The quantitative estimate of drug-likeness (QED) is 0.500. The van der Waals surface area contributed by atoms with Gasteiger partial charge in [0.1, 0.15) is 6.61 Å². The van der Waals surface area contributed by atoms with E-state index in [0.717, 1.165) is 12.8 Å². The average Bonchev–Trinajstić information content (AvgIpc) is 2.79. The first-order valence-electron chi connectivity index (χ1n) is 10.2. The lowest BCUT2D eigenvalue weighted by atomic mass is 10.1. The zero-order chi connectivity index (χ0) is 22.2. The molecule has 2 aromatic carbocycles. The number of hydrogen-bond acceptors (Lipinski definition) is 6. The van der Waals surface area contributed by atoms with Gasteiger partial charge in [-0.3, -0.25) is 9.59 Å². The number of ether oxygens (including phenoxy) is 3. The maximum absolute atomic E-state index is 13.1. The first-order valence-corrected chi connectivity index (χ1v) is 10.2. The molecular weight excluding hydrogens is 398 g/mol. The van der Waals surface area contributed by atoms with Crippen LogP contribution in [0.15, 0.2) is 47.3 Å². The molecule has 0 atom stereocenters. The van der Waals surface area contributed by atoms with Crippen LogP contribution in [0.5, 0.6) is 11.5 Å². The molecular formula is C23H27N3O5. The zero-order valence-corrected chi connectivity index (χ0v) is 18.0. The molecule has 0 unspecified atom stereocenters. The van der Waals surface area contributed by atoms with Crippen LogP contribution < -0.4 is 20.3 Å². The molecule has 164 valence electrons. The Labute approximate surface area is 180 Å². The van der Waals surface area contributed by atoms with Crippen molar-refractivity contribution in [1.82, 2.24) is 9.78 Å². The summed E-state index contributed by atoms with van der Waals surface area (Å²) in [6.45, 7) is 3.27. The Bertz CT molecular complexity index is 1110. The van der Waals surface area contributed by atoms with Gasteiger partial charge in [0.05, 0.1) is 19.1 Å². The van der Waals surface area contributed by atoms with Gasteiger partial charge in [-0.1, -0.05) is 31.5 Å². The number of methoxy groups -OCH3 is 2. The molecule has 31 heavy (non-hydrogen) atoms. The Kier molecular flexibility index (Phi) is 7.61. The van der Waals surface area contributed by atoms with Crippen LogP contribution in [0.2, 0.25) is 0 Å². The van der Waals surface area contributed by atoms with Crippen LogP contribution in [0.4, 0.5) is 5.69 Å². The van der Waals surface area contributed by atoms with Gasteiger partial charge in [0.2, 0.25) is 0 Å². The van der Waals surface area contributed by atoms with Crippen molar-refractivity contribution in [3.05, 3.63) is 58.5 Å². The predicted octanol–water partition coefficient (Wildman–Crippen LogP) is 3.48. The van der Waals surface area contributed by atoms with Gasteiger partial charge in [-0.15, -0.1) is 0 Å². The fourth-order valence-electron chi connectivity index (χ4n) is 3.15. The Morgan fingerprint density at radius 1 is 1.06 bits per heavy atom. The van der Waals surface area contributed by atoms with Crippen molar-refractivity contribution < 1.29 is 19.0 Å². The van der Waals surface area contributed by atoms with E-state index in [1.807, 2.05) is 6.92 Å². The smallest absolute Gasteiger partial charge is 0.276 e. The van der Waals surface area contributed by atoms with Crippen molar-refractivity contribution in [1.29, 1.82) is 0 Å². The molecule has 0 aliphatic heterocycles. The second-order valence-electron chi connectivity index (χ2n) is 6.94. The van der Waals surface area contributed by atoms with Gasteiger partial charge in [-0.25, -0.2) is 4.68 Å². The molecule has 0 bridgehead atoms. The van der Waals surface area contributed by atoms with Crippen molar-refractivity contribution in [2.75, 3.05) is 32.8 Å². The summed E-state index contributed by atoms with van der Waals surface area (Å²) in [5.74, 6) is 0.628. The third kappa shape index (κ3) is 5.21. The minimum absolute atomic E-state index is 0.195. The summed E-state index contributed by atoms with van der Waals surface area (Å²) in [7, 11) is 3.14. The van der Waals surface area contributed by atoms with E-state index in [1.54, 1.807) is 56.7 Å². The van der Waals surface area contributed by atoms with Crippen LogP contribution in [-0.4, -0.2) is 43.1 Å². The number of hydrogen-bond donors (Lipinski definition) is 1. The van der Waals surface area contributed by atoms with Crippen molar-refractivity contribution in [3.8, 4) is 11.5 Å². The third-order valence-corrected chi connectivity index (χ3v) is 4.77. The lowest BCUT2D eigenvalue weighted by Gasteiger charge is -2.14. The summed E-state index contributed by atoms with van der Waals surface area (Å²) in [4.78, 5) is 25.8. The number of fused-ring (bicyclic) bond motifs is 1. The van der Waals surface area contributed by atoms with Crippen molar-refractivity contribution in [3.63, 3.8) is 0 Å². The fraction of sp³-hybridized carbons (Fsp3) is 0.348. The molecule has 0 spiro atoms. The highest BCUT2D eigenvalue weighted by Crippen LogP contribution is 2.30. The van der Waals surface area contributed by atoms with E-state index >= 15 is 0 Å². The minimum atomic E-state index is -0.408. The monoisotopic (exact) mass is 425 g/mol. The number of nitrogens with one attached hydrogen (secondary N) is 1. The second-order valence-corrected chi connectivity index (χ2v) is 6.94. The Balaban J connectivity index is 1.93. The predicted molar refractivity (Wildman–Crippen MR) is 119 cm³/mol. The number of carbonyl (C=O) groups excluding carboxylic acids is 1. The summed E-state index contributed by atoms with van der Waals surface area (Å²) in [6, 6.07) is 12.1. The zero-order valence-electron chi connectivity index (χ0n) is 18.0. The number of carbonyl (C=O) groups is 1. The molecule has 0 radical (unpaired) electrons. The molecule has 1 heterocycles. The topological polar surface area (TPSA) is 91.7 Å². The van der Waals surface area contributed by atoms with Gasteiger partial charge >= 0.3 is 0 Å². The number of anilines is 1. The first-order chi connectivity index (χ1) is 15.1. The highest BCUT2D eigenvalue weighted by molar-refractivity contribution is 6.11. The summed E-state index contributed by atoms with van der Waals surface area (Å²) >= 11 is 0. The van der Waals surface area contributed by atoms with Crippen LogP contribution in [-0.2, 0) is 11.3 Å². The normalized spacial score (nSPS) is 10.8. The van der Waals surface area contributed by atoms with Gasteiger partial charge in [0.15, 0.2) is 17.2 Å². The molecule has 3 rings (SSSR count). The second kappa shape index (κ2) is 10.6. The van der Waals surface area contributed by atoms with E-state index in [1.165, 1.54) is 4.68 Å². The molecule has 0 aliphatic carbocycles. The van der Waals surface area contributed by atoms with Gasteiger partial charge in [-0.2, -0.15) is 5.10 Å². The lowest BCUT2D eigenvalue weighted by Crippen LogP contribution is -2.27. The number of amides is 1. The Morgan fingerprint density at radius 2 is 1.84 bits per heavy atom. The first kappa shape index (κ1) is 22.3. The number of benzene rings is 2. The fourth-order valence-corrected chi connectivity index (χ4v) is 3.15. The van der Waals surface area contributed by atoms with Crippen LogP contribution in [0.25, 0.3) is 10.8 Å². The maximum Gasteiger partial charge on any atom is 0.276 e. The highest BCUT2D eigenvalue weighted by Gasteiger charge is 2.17. The van der Waals surface area contributed by atoms with E-state index in [4.69, 9.17) is 14.2 Å². The van der Waals surface area contributed by atoms with E-state index in [0.29, 0.717) is 47.7 Å². The third-order valence-electron chi connectivity index (χ3n) is 4.77. The summed E-state index contributed by atoms with van der Waals surface area (Å²) in [6.07, 6.45) is 1.72. The Morgan fingerprint density at radius 3 is 2.55 bits per heavy atom. The Hall–Kier alpha value is -3.39. The van der Waals surface area contributed by atoms with E-state index in [-0.39, 0.29) is 11.3 Å². The van der Waals surface area contributed by atoms with E-state index in [2.05, 4.69) is 10.4 Å². The van der Waals surface area contributed by atoms with Gasteiger partial charge in [0, 0.05) is 30.8 Å². The maximum atomic E-state index is 13.1. The SMILES string of the molecule is CCCCn1nc(C(=O)Nc2ccc(OC)c(OCCOC)c2)c2ccccc2c1=O. The number of aromatic nitrogens is 2. The minimum Gasteiger partial charge on any atom is -0.493 e. The molecule has 3 aromatic rings. The van der Waals surface area contributed by atoms with Crippen LogP contribution >= 0.6 is 0 Å². The standard InChI is InChI=1S/C23H27N3O5/c1-4-5-12-26-23(28)18-9-7-6-8-17(18)21(25-26)22(27)24-16-10-11-19(30-3)20(15-16)31-14-13-29-2/h6-11,15H,4-5,12-14H2,1-3H3,(H,24,27). The molecule has 1 amide bonds. The molecule has 1 N–H and O–H groups in total. The molecule has 1 aromatic heterocycles. The van der Waals surface area contributed by atoms with Gasteiger partial charge in [0.25, 0.3) is 11.5 Å². The number of nitrogens with zero attached hydrogens (tertiary/aromatic N) is 2. The molecule has 8 nitrogen and oxygen atoms in total. The summed E-state index contributed by atoms with van der Waals surface area (Å²) in [5.41, 5.74) is 0.526.